The molecule has 0 amide bonds. The average Bonchev–Trinajstić information content (AvgIpc) is 2.64. The van der Waals surface area contributed by atoms with Gasteiger partial charge in [-0.15, -0.1) is 0 Å². The second-order valence-corrected chi connectivity index (χ2v) is 4.37. The molecular weight excluding hydrogens is 262 g/mol. The molecule has 0 saturated heterocycles. The molecule has 2 rings (SSSR count). The van der Waals surface area contributed by atoms with Gasteiger partial charge in [-0.25, -0.2) is 14.3 Å². The molecule has 0 unspecified atom stereocenters. The van der Waals surface area contributed by atoms with E-state index < -0.39 is 11.9 Å². The summed E-state index contributed by atoms with van der Waals surface area (Å²) in [5.41, 5.74) is 7.26. The zero-order valence-corrected chi connectivity index (χ0v) is 10.9. The quantitative estimate of drug-likeness (QED) is 0.780. The number of carboxylic acid groups (broad SMARTS) is 2. The van der Waals surface area contributed by atoms with Crippen molar-refractivity contribution in [2.45, 2.75) is 13.8 Å². The number of anilines is 1. The van der Waals surface area contributed by atoms with E-state index in [0.717, 1.165) is 5.56 Å². The highest BCUT2D eigenvalue weighted by molar-refractivity contribution is 5.94. The second kappa shape index (κ2) is 4.69. The van der Waals surface area contributed by atoms with E-state index in [1.165, 1.54) is 23.7 Å². The topological polar surface area (TPSA) is 118 Å². The van der Waals surface area contributed by atoms with E-state index in [0.29, 0.717) is 5.69 Å². The minimum atomic E-state index is -1.17. The van der Waals surface area contributed by atoms with Crippen LogP contribution in [0.5, 0.6) is 0 Å². The fourth-order valence-corrected chi connectivity index (χ4v) is 1.96. The van der Waals surface area contributed by atoms with Crippen LogP contribution in [-0.2, 0) is 0 Å². The third-order valence-corrected chi connectivity index (χ3v) is 2.99. The molecule has 0 aliphatic heterocycles. The van der Waals surface area contributed by atoms with Gasteiger partial charge in [-0.3, -0.25) is 0 Å². The van der Waals surface area contributed by atoms with Gasteiger partial charge in [0.15, 0.2) is 0 Å². The predicted molar refractivity (Wildman–Crippen MR) is 71.4 cm³/mol. The summed E-state index contributed by atoms with van der Waals surface area (Å²) >= 11 is 0. The molecule has 0 aliphatic rings. The number of aromatic carboxylic acids is 2. The van der Waals surface area contributed by atoms with E-state index >= 15 is 0 Å². The molecule has 0 atom stereocenters. The van der Waals surface area contributed by atoms with Crippen LogP contribution in [-0.4, -0.2) is 31.9 Å². The van der Waals surface area contributed by atoms with Crippen LogP contribution >= 0.6 is 0 Å². The first-order chi connectivity index (χ1) is 9.32. The molecule has 1 aromatic heterocycles. The zero-order chi connectivity index (χ0) is 15.0. The average molecular weight is 275 g/mol. The number of rotatable bonds is 3. The van der Waals surface area contributed by atoms with Crippen molar-refractivity contribution in [2.24, 2.45) is 0 Å². The predicted octanol–water partition coefficient (Wildman–Crippen LogP) is 1.47. The molecule has 4 N–H and O–H groups in total. The first-order valence-electron chi connectivity index (χ1n) is 5.75. The summed E-state index contributed by atoms with van der Waals surface area (Å²) in [6, 6.07) is 4.49. The summed E-state index contributed by atoms with van der Waals surface area (Å²) in [4.78, 5) is 22.1. The summed E-state index contributed by atoms with van der Waals surface area (Å²) in [6.07, 6.45) is 0. The van der Waals surface area contributed by atoms with Crippen molar-refractivity contribution in [1.29, 1.82) is 0 Å². The second-order valence-electron chi connectivity index (χ2n) is 4.37. The van der Waals surface area contributed by atoms with E-state index in [9.17, 15) is 9.59 Å². The Labute approximate surface area is 114 Å². The lowest BCUT2D eigenvalue weighted by Crippen LogP contribution is -2.08. The Morgan fingerprint density at radius 2 is 1.85 bits per heavy atom. The highest BCUT2D eigenvalue weighted by Gasteiger charge is 2.20. The minimum absolute atomic E-state index is 0.0272. The number of hydrogen-bond donors (Lipinski definition) is 3. The van der Waals surface area contributed by atoms with E-state index in [1.807, 2.05) is 0 Å². The van der Waals surface area contributed by atoms with Crippen LogP contribution in [0, 0.1) is 13.8 Å². The summed E-state index contributed by atoms with van der Waals surface area (Å²) < 4.78 is 1.25. The number of aromatic nitrogens is 2. The molecule has 0 radical (unpaired) electrons. The van der Waals surface area contributed by atoms with E-state index in [1.54, 1.807) is 13.0 Å². The molecule has 104 valence electrons. The molecule has 7 nitrogen and oxygen atoms in total. The number of hydrogen-bond acceptors (Lipinski definition) is 4. The van der Waals surface area contributed by atoms with Gasteiger partial charge in [-0.2, -0.15) is 5.10 Å². The lowest BCUT2D eigenvalue weighted by atomic mass is 10.1. The fraction of sp³-hybridized carbons (Fsp3) is 0.154. The third kappa shape index (κ3) is 2.09. The van der Waals surface area contributed by atoms with Crippen molar-refractivity contribution in [3.63, 3.8) is 0 Å². The standard InChI is InChI=1S/C13H13N3O4/c1-6-3-4-8(12(17)18)5-9(6)16-11(14)10(13(19)20)7(2)15-16/h3-5H,14H2,1-2H3,(H,17,18)(H,19,20). The van der Waals surface area contributed by atoms with Gasteiger partial charge in [0.25, 0.3) is 0 Å². The Kier molecular flexibility index (Phi) is 3.19. The molecule has 7 heteroatoms. The monoisotopic (exact) mass is 275 g/mol. The van der Waals surface area contributed by atoms with Crippen molar-refractivity contribution >= 4 is 17.8 Å². The number of carboxylic acids is 2. The van der Waals surface area contributed by atoms with Crippen molar-refractivity contribution in [3.05, 3.63) is 40.6 Å². The Morgan fingerprint density at radius 3 is 2.35 bits per heavy atom. The highest BCUT2D eigenvalue weighted by atomic mass is 16.4. The number of carbonyl (C=O) groups is 2. The molecule has 1 heterocycles. The van der Waals surface area contributed by atoms with Crippen LogP contribution in [0.25, 0.3) is 5.69 Å². The number of nitrogen functional groups attached to an aromatic ring is 1. The lowest BCUT2D eigenvalue weighted by Gasteiger charge is -2.09. The first-order valence-corrected chi connectivity index (χ1v) is 5.75. The third-order valence-electron chi connectivity index (χ3n) is 2.99. The molecule has 1 aromatic carbocycles. The number of nitrogens with two attached hydrogens (primary N) is 1. The number of nitrogens with zero attached hydrogens (tertiary/aromatic N) is 2. The summed E-state index contributed by atoms with van der Waals surface area (Å²) in [5, 5.41) is 22.2. The van der Waals surface area contributed by atoms with Gasteiger partial charge in [-0.1, -0.05) is 6.07 Å². The van der Waals surface area contributed by atoms with Crippen LogP contribution in [0.2, 0.25) is 0 Å². The van der Waals surface area contributed by atoms with Gasteiger partial charge >= 0.3 is 11.9 Å². The van der Waals surface area contributed by atoms with Crippen molar-refractivity contribution < 1.29 is 19.8 Å². The molecule has 0 aliphatic carbocycles. The van der Waals surface area contributed by atoms with Crippen molar-refractivity contribution in [1.82, 2.24) is 9.78 Å². The van der Waals surface area contributed by atoms with Gasteiger partial charge in [-0.05, 0) is 31.5 Å². The van der Waals surface area contributed by atoms with E-state index in [2.05, 4.69) is 5.10 Å². The summed E-state index contributed by atoms with van der Waals surface area (Å²) in [5.74, 6) is -2.27. The van der Waals surface area contributed by atoms with Crippen LogP contribution in [0.15, 0.2) is 18.2 Å². The largest absolute Gasteiger partial charge is 0.478 e. The van der Waals surface area contributed by atoms with Crippen LogP contribution < -0.4 is 5.73 Å². The maximum Gasteiger partial charge on any atom is 0.341 e. The van der Waals surface area contributed by atoms with Crippen LogP contribution in [0.4, 0.5) is 5.82 Å². The summed E-state index contributed by atoms with van der Waals surface area (Å²) in [6.45, 7) is 3.30. The Balaban J connectivity index is 2.69. The Bertz CT molecular complexity index is 719. The number of aryl methyl sites for hydroxylation is 2. The molecule has 0 fully saturated rings. The molecule has 20 heavy (non-hydrogen) atoms. The normalized spacial score (nSPS) is 10.5. The maximum absolute atomic E-state index is 11.1. The Morgan fingerprint density at radius 1 is 1.20 bits per heavy atom. The lowest BCUT2D eigenvalue weighted by molar-refractivity contribution is 0.0686. The number of benzene rings is 1. The zero-order valence-electron chi connectivity index (χ0n) is 10.9. The fourth-order valence-electron chi connectivity index (χ4n) is 1.96. The van der Waals surface area contributed by atoms with Gasteiger partial charge in [0.05, 0.1) is 16.9 Å². The van der Waals surface area contributed by atoms with Gasteiger partial charge in [0.2, 0.25) is 0 Å². The molecular formula is C13H13N3O4. The van der Waals surface area contributed by atoms with Crippen molar-refractivity contribution in [2.75, 3.05) is 5.73 Å². The molecule has 0 bridgehead atoms. The minimum Gasteiger partial charge on any atom is -0.478 e. The Hall–Kier alpha value is -2.83. The SMILES string of the molecule is Cc1ccc(C(=O)O)cc1-n1nc(C)c(C(=O)O)c1N. The van der Waals surface area contributed by atoms with Gasteiger partial charge < -0.3 is 15.9 Å². The molecule has 0 saturated carbocycles. The van der Waals surface area contributed by atoms with Crippen molar-refractivity contribution in [3.8, 4) is 5.69 Å². The maximum atomic E-state index is 11.1. The molecule has 0 spiro atoms. The molecule has 2 aromatic rings. The van der Waals surface area contributed by atoms with E-state index in [-0.39, 0.29) is 22.6 Å². The van der Waals surface area contributed by atoms with Crippen LogP contribution in [0.1, 0.15) is 32.0 Å². The van der Waals surface area contributed by atoms with Gasteiger partial charge in [0.1, 0.15) is 11.4 Å². The summed E-state index contributed by atoms with van der Waals surface area (Å²) in [7, 11) is 0. The first kappa shape index (κ1) is 13.6. The smallest absolute Gasteiger partial charge is 0.341 e. The highest BCUT2D eigenvalue weighted by Crippen LogP contribution is 2.23. The van der Waals surface area contributed by atoms with Gasteiger partial charge in [0, 0.05) is 0 Å². The van der Waals surface area contributed by atoms with E-state index in [4.69, 9.17) is 15.9 Å². The van der Waals surface area contributed by atoms with Crippen LogP contribution in [0.3, 0.4) is 0 Å².